The van der Waals surface area contributed by atoms with Crippen LogP contribution in [-0.2, 0) is 30.8 Å². The molecule has 1 aliphatic rings. The number of sulfonamides is 1. The highest BCUT2D eigenvalue weighted by Crippen LogP contribution is 2.21. The Hall–Kier alpha value is -3.24. The van der Waals surface area contributed by atoms with Gasteiger partial charge in [0, 0.05) is 19.0 Å². The highest BCUT2D eigenvalue weighted by Gasteiger charge is 2.35. The molecule has 0 bridgehead atoms. The maximum Gasteiger partial charge on any atom is 0.326 e. The first kappa shape index (κ1) is 29.3. The van der Waals surface area contributed by atoms with Gasteiger partial charge in [-0.1, -0.05) is 68.3 Å². The van der Waals surface area contributed by atoms with Crippen LogP contribution < -0.4 is 10.0 Å². The lowest BCUT2D eigenvalue weighted by Crippen LogP contribution is -2.53. The Morgan fingerprint density at radius 1 is 1.03 bits per heavy atom. The molecular weight excluding hydrogens is 506 g/mol. The zero-order valence-corrected chi connectivity index (χ0v) is 22.9. The number of likely N-dealkylation sites (tertiary alicyclic amines) is 1. The zero-order valence-electron chi connectivity index (χ0n) is 22.1. The van der Waals surface area contributed by atoms with Gasteiger partial charge in [0.25, 0.3) is 0 Å². The molecule has 0 spiro atoms. The van der Waals surface area contributed by atoms with Gasteiger partial charge in [0.1, 0.15) is 12.1 Å². The molecule has 206 valence electrons. The summed E-state index contributed by atoms with van der Waals surface area (Å²) < 4.78 is 28.9. The van der Waals surface area contributed by atoms with Gasteiger partial charge in [-0.15, -0.1) is 0 Å². The number of carbonyl (C=O) groups is 3. The monoisotopic (exact) mass is 543 g/mol. The number of carboxylic acid groups (broad SMARTS) is 1. The van der Waals surface area contributed by atoms with E-state index >= 15 is 0 Å². The van der Waals surface area contributed by atoms with Crippen molar-refractivity contribution in [1.82, 2.24) is 14.9 Å². The second-order valence-electron chi connectivity index (χ2n) is 9.99. The normalized spacial score (nSPS) is 16.9. The number of aryl methyl sites for hydroxylation is 1. The molecule has 9 nitrogen and oxygen atoms in total. The fourth-order valence-electron chi connectivity index (χ4n) is 4.54. The molecule has 2 aromatic rings. The lowest BCUT2D eigenvalue weighted by Gasteiger charge is -2.34. The molecule has 3 rings (SSSR count). The van der Waals surface area contributed by atoms with Crippen LogP contribution in [0.1, 0.15) is 44.2 Å². The van der Waals surface area contributed by atoms with Crippen molar-refractivity contribution in [2.75, 3.05) is 13.1 Å². The Morgan fingerprint density at radius 3 is 2.18 bits per heavy atom. The molecule has 2 aromatic carbocycles. The van der Waals surface area contributed by atoms with Crippen molar-refractivity contribution in [3.63, 3.8) is 0 Å². The Kier molecular flexibility index (Phi) is 10.0. The van der Waals surface area contributed by atoms with E-state index in [1.807, 2.05) is 44.2 Å². The number of piperidine rings is 1. The van der Waals surface area contributed by atoms with Crippen molar-refractivity contribution in [3.05, 3.63) is 65.7 Å². The van der Waals surface area contributed by atoms with Gasteiger partial charge in [-0.3, -0.25) is 9.59 Å². The van der Waals surface area contributed by atoms with E-state index < -0.39 is 34.0 Å². The molecule has 1 heterocycles. The van der Waals surface area contributed by atoms with E-state index in [9.17, 15) is 27.9 Å². The predicted octanol–water partition coefficient (Wildman–Crippen LogP) is 2.74. The number of hydrogen-bond acceptors (Lipinski definition) is 5. The van der Waals surface area contributed by atoms with Crippen LogP contribution in [0, 0.1) is 18.8 Å². The van der Waals surface area contributed by atoms with E-state index in [1.54, 1.807) is 24.0 Å². The van der Waals surface area contributed by atoms with Crippen LogP contribution in [0.15, 0.2) is 59.5 Å². The number of nitrogens with zero attached hydrogens (tertiary/aromatic N) is 1. The van der Waals surface area contributed by atoms with Gasteiger partial charge in [-0.05, 0) is 49.8 Å². The fourth-order valence-corrected chi connectivity index (χ4v) is 5.73. The molecule has 0 radical (unpaired) electrons. The molecular formula is C28H37N3O6S. The predicted molar refractivity (Wildman–Crippen MR) is 144 cm³/mol. The molecule has 3 atom stereocenters. The molecule has 1 saturated heterocycles. The average Bonchev–Trinajstić information content (AvgIpc) is 2.91. The minimum Gasteiger partial charge on any atom is -0.480 e. The largest absolute Gasteiger partial charge is 0.480 e. The minimum atomic E-state index is -3.95. The topological polar surface area (TPSA) is 133 Å². The van der Waals surface area contributed by atoms with Gasteiger partial charge in [-0.25, -0.2) is 13.2 Å². The summed E-state index contributed by atoms with van der Waals surface area (Å²) in [6.45, 7) is 6.06. The Morgan fingerprint density at radius 2 is 1.63 bits per heavy atom. The first-order chi connectivity index (χ1) is 18.0. The first-order valence-corrected chi connectivity index (χ1v) is 14.4. The van der Waals surface area contributed by atoms with Crippen molar-refractivity contribution in [3.8, 4) is 0 Å². The number of aliphatic carboxylic acids is 1. The molecule has 1 unspecified atom stereocenters. The van der Waals surface area contributed by atoms with Crippen LogP contribution in [0.5, 0.6) is 0 Å². The summed E-state index contributed by atoms with van der Waals surface area (Å²) >= 11 is 0. The second-order valence-corrected chi connectivity index (χ2v) is 11.7. The van der Waals surface area contributed by atoms with Crippen LogP contribution in [0.3, 0.4) is 0 Å². The second kappa shape index (κ2) is 13.0. The minimum absolute atomic E-state index is 0.0821. The van der Waals surface area contributed by atoms with Gasteiger partial charge in [-0.2, -0.15) is 4.72 Å². The van der Waals surface area contributed by atoms with Crippen LogP contribution in [-0.4, -0.2) is 61.4 Å². The van der Waals surface area contributed by atoms with Crippen molar-refractivity contribution in [2.45, 2.75) is 63.4 Å². The van der Waals surface area contributed by atoms with Crippen molar-refractivity contribution < 1.29 is 27.9 Å². The number of benzene rings is 2. The van der Waals surface area contributed by atoms with Crippen molar-refractivity contribution in [2.24, 2.45) is 11.8 Å². The molecule has 0 aromatic heterocycles. The quantitative estimate of drug-likeness (QED) is 0.399. The van der Waals surface area contributed by atoms with E-state index in [0.717, 1.165) is 11.1 Å². The Bertz CT molecular complexity index is 1210. The van der Waals surface area contributed by atoms with Crippen LogP contribution in [0.25, 0.3) is 0 Å². The average molecular weight is 544 g/mol. The number of carbonyl (C=O) groups excluding carboxylic acids is 2. The van der Waals surface area contributed by atoms with Gasteiger partial charge < -0.3 is 15.3 Å². The number of amides is 2. The first-order valence-electron chi connectivity index (χ1n) is 13.0. The number of hydrogen-bond donors (Lipinski definition) is 3. The summed E-state index contributed by atoms with van der Waals surface area (Å²) in [5, 5.41) is 12.1. The van der Waals surface area contributed by atoms with Gasteiger partial charge in [0.2, 0.25) is 21.8 Å². The molecule has 0 aliphatic carbocycles. The lowest BCUT2D eigenvalue weighted by molar-refractivity contribution is -0.144. The van der Waals surface area contributed by atoms with Crippen LogP contribution in [0.4, 0.5) is 0 Å². The third-order valence-electron chi connectivity index (χ3n) is 7.16. The third-order valence-corrected chi connectivity index (χ3v) is 8.65. The highest BCUT2D eigenvalue weighted by atomic mass is 32.2. The zero-order chi connectivity index (χ0) is 27.9. The van der Waals surface area contributed by atoms with Crippen LogP contribution >= 0.6 is 0 Å². The lowest BCUT2D eigenvalue weighted by atomic mass is 9.93. The van der Waals surface area contributed by atoms with E-state index in [-0.39, 0.29) is 42.1 Å². The van der Waals surface area contributed by atoms with E-state index in [1.165, 1.54) is 12.1 Å². The van der Waals surface area contributed by atoms with Gasteiger partial charge in [0.15, 0.2) is 0 Å². The smallest absolute Gasteiger partial charge is 0.326 e. The molecule has 0 saturated carbocycles. The van der Waals surface area contributed by atoms with E-state index in [0.29, 0.717) is 19.3 Å². The van der Waals surface area contributed by atoms with Gasteiger partial charge >= 0.3 is 5.97 Å². The molecule has 3 N–H and O–H groups in total. The van der Waals surface area contributed by atoms with Crippen LogP contribution in [0.2, 0.25) is 0 Å². The van der Waals surface area contributed by atoms with E-state index in [4.69, 9.17) is 0 Å². The number of rotatable bonds is 11. The number of carboxylic acids is 1. The standard InChI is InChI=1S/C28H37N3O6S/c1-4-20(3)25(28(34)35)29-26(32)22-14-16-31(17-15-22)27(33)24(18-21-8-6-5-7-9-21)30-38(36,37)23-12-10-19(2)11-13-23/h5-13,20,22,24-25,30H,4,14-18H2,1-3H3,(H,29,32)(H,34,35)/t20?,24-,25-/m0/s1. The molecule has 1 fully saturated rings. The summed E-state index contributed by atoms with van der Waals surface area (Å²) in [7, 11) is -3.95. The molecule has 38 heavy (non-hydrogen) atoms. The number of nitrogens with one attached hydrogen (secondary N) is 2. The Labute approximate surface area is 224 Å². The summed E-state index contributed by atoms with van der Waals surface area (Å²) in [6, 6.07) is 13.6. The SMILES string of the molecule is CCC(C)[C@H](NC(=O)C1CCN(C(=O)[C@H](Cc2ccccc2)NS(=O)(=O)c2ccc(C)cc2)CC1)C(=O)O. The summed E-state index contributed by atoms with van der Waals surface area (Å²) in [5.74, 6) is -2.37. The maximum atomic E-state index is 13.6. The summed E-state index contributed by atoms with van der Waals surface area (Å²) in [4.78, 5) is 39.6. The molecule has 1 aliphatic heterocycles. The molecule has 10 heteroatoms. The van der Waals surface area contributed by atoms with E-state index in [2.05, 4.69) is 10.0 Å². The van der Waals surface area contributed by atoms with Crippen molar-refractivity contribution >= 4 is 27.8 Å². The maximum absolute atomic E-state index is 13.6. The highest BCUT2D eigenvalue weighted by molar-refractivity contribution is 7.89. The Balaban J connectivity index is 1.70. The third kappa shape index (κ3) is 7.64. The van der Waals surface area contributed by atoms with Gasteiger partial charge in [0.05, 0.1) is 4.90 Å². The van der Waals surface area contributed by atoms with Crippen molar-refractivity contribution in [1.29, 1.82) is 0 Å². The fraction of sp³-hybridized carbons (Fsp3) is 0.464. The summed E-state index contributed by atoms with van der Waals surface area (Å²) in [5.41, 5.74) is 1.74. The molecule has 2 amide bonds. The summed E-state index contributed by atoms with van der Waals surface area (Å²) in [6.07, 6.45) is 1.53.